The molecule has 0 spiro atoms. The van der Waals surface area contributed by atoms with E-state index in [-0.39, 0.29) is 12.5 Å². The van der Waals surface area contributed by atoms with Crippen LogP contribution < -0.4 is 5.73 Å². The van der Waals surface area contributed by atoms with Crippen LogP contribution in [-0.2, 0) is 0 Å². The van der Waals surface area contributed by atoms with Crippen molar-refractivity contribution < 1.29 is 4.79 Å². The maximum absolute atomic E-state index is 12.1. The Labute approximate surface area is 119 Å². The quantitative estimate of drug-likeness (QED) is 0.861. The molecule has 17 heavy (non-hydrogen) atoms. The van der Waals surface area contributed by atoms with Crippen LogP contribution in [0.5, 0.6) is 0 Å². The fourth-order valence-corrected chi connectivity index (χ4v) is 1.98. The third-order valence-electron chi connectivity index (χ3n) is 2.18. The fraction of sp³-hybridized carbons (Fsp3) is 0.273. The minimum absolute atomic E-state index is 0.113. The smallest absolute Gasteiger partial charge is 0.254 e. The van der Waals surface area contributed by atoms with Crippen LogP contribution in [-0.4, -0.2) is 28.9 Å². The molecule has 0 bridgehead atoms. The number of hydrogen-bond donors (Lipinski definition) is 1. The second kappa shape index (κ2) is 6.33. The van der Waals surface area contributed by atoms with Crippen molar-refractivity contribution in [3.8, 4) is 0 Å². The molecule has 0 aromatic heterocycles. The van der Waals surface area contributed by atoms with Crippen molar-refractivity contribution >= 4 is 50.6 Å². The standard InChI is InChI=1S/C11H12BrClN2OS/c1-2-15(6-10(14)17)11(16)7-3-4-9(13)8(12)5-7/h3-5H,2,6H2,1H3,(H2,14,17). The van der Waals surface area contributed by atoms with Crippen molar-refractivity contribution in [3.05, 3.63) is 33.3 Å². The zero-order valence-electron chi connectivity index (χ0n) is 9.24. The van der Waals surface area contributed by atoms with Gasteiger partial charge in [-0.25, -0.2) is 0 Å². The van der Waals surface area contributed by atoms with Crippen molar-refractivity contribution in [3.63, 3.8) is 0 Å². The van der Waals surface area contributed by atoms with Gasteiger partial charge in [-0.1, -0.05) is 23.8 Å². The molecule has 0 atom stereocenters. The largest absolute Gasteiger partial charge is 0.392 e. The number of amides is 1. The molecule has 0 fully saturated rings. The van der Waals surface area contributed by atoms with Gasteiger partial charge >= 0.3 is 0 Å². The van der Waals surface area contributed by atoms with Gasteiger partial charge in [0.15, 0.2) is 0 Å². The number of carbonyl (C=O) groups is 1. The van der Waals surface area contributed by atoms with Gasteiger partial charge in [-0.15, -0.1) is 0 Å². The summed E-state index contributed by atoms with van der Waals surface area (Å²) < 4.78 is 0.691. The first-order valence-corrected chi connectivity index (χ1v) is 6.56. The van der Waals surface area contributed by atoms with Crippen LogP contribution in [0.1, 0.15) is 17.3 Å². The Morgan fingerprint density at radius 2 is 2.24 bits per heavy atom. The van der Waals surface area contributed by atoms with E-state index >= 15 is 0 Å². The van der Waals surface area contributed by atoms with Gasteiger partial charge in [0.2, 0.25) is 0 Å². The van der Waals surface area contributed by atoms with Crippen LogP contribution >= 0.6 is 39.7 Å². The van der Waals surface area contributed by atoms with E-state index in [1.54, 1.807) is 23.1 Å². The summed E-state index contributed by atoms with van der Waals surface area (Å²) in [4.78, 5) is 14.0. The Morgan fingerprint density at radius 1 is 1.59 bits per heavy atom. The number of nitrogens with two attached hydrogens (primary N) is 1. The summed E-state index contributed by atoms with van der Waals surface area (Å²) in [6, 6.07) is 5.04. The summed E-state index contributed by atoms with van der Waals surface area (Å²) in [6.45, 7) is 2.71. The van der Waals surface area contributed by atoms with E-state index < -0.39 is 0 Å². The van der Waals surface area contributed by atoms with Crippen LogP contribution in [0.15, 0.2) is 22.7 Å². The molecule has 6 heteroatoms. The van der Waals surface area contributed by atoms with Crippen LogP contribution in [0.2, 0.25) is 5.02 Å². The van der Waals surface area contributed by atoms with Gasteiger partial charge in [0.05, 0.1) is 16.6 Å². The average molecular weight is 336 g/mol. The molecular weight excluding hydrogens is 324 g/mol. The summed E-state index contributed by atoms with van der Waals surface area (Å²) in [5.41, 5.74) is 6.00. The summed E-state index contributed by atoms with van der Waals surface area (Å²) in [5.74, 6) is -0.113. The third kappa shape index (κ3) is 3.94. The highest BCUT2D eigenvalue weighted by Crippen LogP contribution is 2.23. The first-order valence-electron chi connectivity index (χ1n) is 4.98. The predicted octanol–water partition coefficient (Wildman–Crippen LogP) is 2.85. The zero-order valence-corrected chi connectivity index (χ0v) is 12.4. The molecule has 1 aromatic rings. The molecule has 0 aliphatic carbocycles. The second-order valence-electron chi connectivity index (χ2n) is 3.41. The van der Waals surface area contributed by atoms with E-state index in [9.17, 15) is 4.79 Å². The predicted molar refractivity (Wildman–Crippen MR) is 77.5 cm³/mol. The first kappa shape index (κ1) is 14.4. The maximum Gasteiger partial charge on any atom is 0.254 e. The summed E-state index contributed by atoms with van der Waals surface area (Å²) in [6.07, 6.45) is 0. The molecular formula is C11H12BrClN2OS. The number of halogens is 2. The molecule has 1 rings (SSSR count). The Morgan fingerprint density at radius 3 is 2.71 bits per heavy atom. The zero-order chi connectivity index (χ0) is 13.0. The van der Waals surface area contributed by atoms with E-state index in [0.29, 0.717) is 26.6 Å². The monoisotopic (exact) mass is 334 g/mol. The van der Waals surface area contributed by atoms with E-state index in [2.05, 4.69) is 15.9 Å². The van der Waals surface area contributed by atoms with Crippen LogP contribution in [0.4, 0.5) is 0 Å². The second-order valence-corrected chi connectivity index (χ2v) is 5.20. The highest BCUT2D eigenvalue weighted by molar-refractivity contribution is 9.10. The van der Waals surface area contributed by atoms with E-state index in [1.807, 2.05) is 6.92 Å². The highest BCUT2D eigenvalue weighted by atomic mass is 79.9. The minimum atomic E-state index is -0.113. The van der Waals surface area contributed by atoms with Gasteiger partial charge in [-0.3, -0.25) is 4.79 Å². The number of thiocarbonyl (C=S) groups is 1. The topological polar surface area (TPSA) is 46.3 Å². The number of rotatable bonds is 4. The summed E-state index contributed by atoms with van der Waals surface area (Å²) in [5, 5.41) is 0.568. The van der Waals surface area contributed by atoms with Crippen LogP contribution in [0.25, 0.3) is 0 Å². The van der Waals surface area contributed by atoms with Crippen molar-refractivity contribution in [2.75, 3.05) is 13.1 Å². The van der Waals surface area contributed by atoms with Crippen molar-refractivity contribution in [2.45, 2.75) is 6.92 Å². The van der Waals surface area contributed by atoms with Gasteiger partial charge < -0.3 is 10.6 Å². The molecule has 1 aromatic carbocycles. The lowest BCUT2D eigenvalue weighted by Gasteiger charge is -2.20. The first-order chi connectivity index (χ1) is 7.95. The fourth-order valence-electron chi connectivity index (χ4n) is 1.33. The molecule has 0 saturated carbocycles. The van der Waals surface area contributed by atoms with E-state index in [0.717, 1.165) is 0 Å². The van der Waals surface area contributed by atoms with Crippen molar-refractivity contribution in [1.29, 1.82) is 0 Å². The van der Waals surface area contributed by atoms with Gasteiger partial charge in [-0.05, 0) is 41.1 Å². The van der Waals surface area contributed by atoms with E-state index in [4.69, 9.17) is 29.6 Å². The molecule has 0 aliphatic heterocycles. The van der Waals surface area contributed by atoms with Gasteiger partial charge in [0.1, 0.15) is 0 Å². The Kier molecular flexibility index (Phi) is 5.36. The molecule has 1 amide bonds. The lowest BCUT2D eigenvalue weighted by Crippen LogP contribution is -2.37. The molecule has 2 N–H and O–H groups in total. The summed E-state index contributed by atoms with van der Waals surface area (Å²) >= 11 is 14.0. The molecule has 0 aliphatic rings. The molecule has 3 nitrogen and oxygen atoms in total. The minimum Gasteiger partial charge on any atom is -0.392 e. The Bertz CT molecular complexity index is 453. The highest BCUT2D eigenvalue weighted by Gasteiger charge is 2.15. The summed E-state index contributed by atoms with van der Waals surface area (Å²) in [7, 11) is 0. The van der Waals surface area contributed by atoms with Crippen molar-refractivity contribution in [1.82, 2.24) is 4.90 Å². The molecule has 0 radical (unpaired) electrons. The molecule has 0 saturated heterocycles. The number of nitrogens with zero attached hydrogens (tertiary/aromatic N) is 1. The number of hydrogen-bond acceptors (Lipinski definition) is 2. The van der Waals surface area contributed by atoms with Crippen LogP contribution in [0, 0.1) is 0 Å². The molecule has 0 heterocycles. The average Bonchev–Trinajstić information content (AvgIpc) is 2.28. The normalized spacial score (nSPS) is 10.1. The Balaban J connectivity index is 2.93. The van der Waals surface area contributed by atoms with Crippen molar-refractivity contribution in [2.24, 2.45) is 5.73 Å². The lowest BCUT2D eigenvalue weighted by atomic mass is 10.2. The molecule has 0 unspecified atom stereocenters. The third-order valence-corrected chi connectivity index (χ3v) is 3.53. The van der Waals surface area contributed by atoms with Crippen LogP contribution in [0.3, 0.4) is 0 Å². The van der Waals surface area contributed by atoms with E-state index in [1.165, 1.54) is 0 Å². The van der Waals surface area contributed by atoms with Gasteiger partial charge in [-0.2, -0.15) is 0 Å². The number of benzene rings is 1. The molecule has 92 valence electrons. The lowest BCUT2D eigenvalue weighted by molar-refractivity contribution is 0.0788. The van der Waals surface area contributed by atoms with Gasteiger partial charge in [0, 0.05) is 16.6 Å². The Hall–Kier alpha value is -0.650. The number of likely N-dealkylation sites (N-methyl/N-ethyl adjacent to an activating group) is 1. The maximum atomic E-state index is 12.1. The SMILES string of the molecule is CCN(CC(N)=S)C(=O)c1ccc(Cl)c(Br)c1. The van der Waals surface area contributed by atoms with Gasteiger partial charge in [0.25, 0.3) is 5.91 Å². The number of carbonyl (C=O) groups excluding carboxylic acids is 1.